The third-order valence-corrected chi connectivity index (χ3v) is 4.09. The number of nitrogens with zero attached hydrogens (tertiary/aromatic N) is 3. The normalized spacial score (nSPS) is 14.8. The number of imidazole rings is 1. The van der Waals surface area contributed by atoms with Gasteiger partial charge in [-0.3, -0.25) is 9.78 Å². The first-order valence-electron chi connectivity index (χ1n) is 8.20. The van der Waals surface area contributed by atoms with Gasteiger partial charge in [-0.25, -0.2) is 4.98 Å². The Morgan fingerprint density at radius 3 is 2.88 bits per heavy atom. The highest BCUT2D eigenvalue weighted by Gasteiger charge is 2.16. The Labute approximate surface area is 147 Å². The van der Waals surface area contributed by atoms with Gasteiger partial charge in [-0.15, -0.1) is 0 Å². The number of rotatable bonds is 5. The van der Waals surface area contributed by atoms with Gasteiger partial charge in [0.15, 0.2) is 13.7 Å². The third-order valence-electron chi connectivity index (χ3n) is 4.09. The SMILES string of the molecule is Bc1cc(C(=O)c2nc(/C=C\C(=C)N3CCNCC3)c(N)[nH]2)ccn1. The zero-order valence-electron chi connectivity index (χ0n) is 14.2. The number of pyridine rings is 1. The minimum absolute atomic E-state index is 0.210. The number of hydrogen-bond acceptors (Lipinski definition) is 6. The minimum atomic E-state index is -0.210. The van der Waals surface area contributed by atoms with Crippen molar-refractivity contribution in [1.29, 1.82) is 0 Å². The van der Waals surface area contributed by atoms with E-state index in [1.54, 1.807) is 24.4 Å². The fourth-order valence-corrected chi connectivity index (χ4v) is 2.69. The maximum absolute atomic E-state index is 12.5. The van der Waals surface area contributed by atoms with E-state index in [2.05, 4.69) is 31.7 Å². The molecule has 0 atom stereocenters. The first kappa shape index (κ1) is 17.0. The third kappa shape index (κ3) is 3.97. The molecule has 1 fully saturated rings. The van der Waals surface area contributed by atoms with Crippen LogP contribution in [0.2, 0.25) is 0 Å². The zero-order valence-corrected chi connectivity index (χ0v) is 14.2. The van der Waals surface area contributed by atoms with E-state index < -0.39 is 0 Å². The summed E-state index contributed by atoms with van der Waals surface area (Å²) in [7, 11) is 1.84. The van der Waals surface area contributed by atoms with Crippen LogP contribution in [0.1, 0.15) is 21.9 Å². The van der Waals surface area contributed by atoms with Crippen LogP contribution in [-0.2, 0) is 0 Å². The summed E-state index contributed by atoms with van der Waals surface area (Å²) in [5, 5.41) is 3.30. The summed E-state index contributed by atoms with van der Waals surface area (Å²) in [5.74, 6) is 0.367. The number of nitrogens with two attached hydrogens (primary N) is 1. The molecule has 25 heavy (non-hydrogen) atoms. The number of ketones is 1. The number of hydrogen-bond donors (Lipinski definition) is 3. The standard InChI is InChI=1S/C17H21BN6O/c1-11(24-8-6-20-7-9-24)2-3-13-16(19)23-17(22-13)15(25)12-4-5-21-14(18)10-12/h2-5,10,20H,1,6-9,18-19H2,(H,22,23)/b3-2-. The van der Waals surface area contributed by atoms with E-state index in [1.807, 2.05) is 13.9 Å². The number of nitrogens with one attached hydrogen (secondary N) is 2. The van der Waals surface area contributed by atoms with E-state index in [0.717, 1.165) is 37.5 Å². The second-order valence-corrected chi connectivity index (χ2v) is 5.96. The number of aromatic amines is 1. The molecule has 0 amide bonds. The van der Waals surface area contributed by atoms with Gasteiger partial charge in [0.1, 0.15) is 11.5 Å². The predicted octanol–water partition coefficient (Wildman–Crippen LogP) is -0.692. The quantitative estimate of drug-likeness (QED) is 0.380. The van der Waals surface area contributed by atoms with Gasteiger partial charge in [0.2, 0.25) is 5.78 Å². The number of aromatic nitrogens is 3. The highest BCUT2D eigenvalue weighted by Crippen LogP contribution is 2.15. The molecule has 1 saturated heterocycles. The molecule has 1 aliphatic heterocycles. The average molecular weight is 336 g/mol. The van der Waals surface area contributed by atoms with Gasteiger partial charge in [-0.1, -0.05) is 6.58 Å². The molecule has 0 aliphatic carbocycles. The van der Waals surface area contributed by atoms with Gasteiger partial charge in [0.05, 0.1) is 0 Å². The summed E-state index contributed by atoms with van der Waals surface area (Å²) >= 11 is 0. The second kappa shape index (κ2) is 7.35. The lowest BCUT2D eigenvalue weighted by atomic mass is 10.0. The van der Waals surface area contributed by atoms with Crippen molar-refractivity contribution in [2.75, 3.05) is 31.9 Å². The van der Waals surface area contributed by atoms with Gasteiger partial charge >= 0.3 is 0 Å². The Hall–Kier alpha value is -2.87. The van der Waals surface area contributed by atoms with E-state index in [4.69, 9.17) is 5.73 Å². The number of carbonyl (C=O) groups is 1. The molecule has 0 aromatic carbocycles. The zero-order chi connectivity index (χ0) is 17.8. The Kier molecular flexibility index (Phi) is 4.99. The monoisotopic (exact) mass is 336 g/mol. The number of H-pyrrole nitrogens is 1. The van der Waals surface area contributed by atoms with Crippen molar-refractivity contribution < 1.29 is 4.79 Å². The summed E-state index contributed by atoms with van der Waals surface area (Å²) in [6, 6.07) is 3.39. The molecule has 2 aromatic heterocycles. The van der Waals surface area contributed by atoms with Crippen LogP contribution in [0.25, 0.3) is 6.08 Å². The summed E-state index contributed by atoms with van der Waals surface area (Å²) < 4.78 is 0. The van der Waals surface area contributed by atoms with Crippen molar-refractivity contribution in [3.05, 3.63) is 53.8 Å². The fourth-order valence-electron chi connectivity index (χ4n) is 2.69. The van der Waals surface area contributed by atoms with E-state index >= 15 is 0 Å². The number of anilines is 1. The molecule has 4 N–H and O–H groups in total. The Balaban J connectivity index is 1.74. The first-order chi connectivity index (χ1) is 12.0. The molecule has 0 saturated carbocycles. The van der Waals surface area contributed by atoms with Gasteiger partial charge in [-0.2, -0.15) is 0 Å². The Morgan fingerprint density at radius 1 is 1.40 bits per heavy atom. The van der Waals surface area contributed by atoms with Crippen molar-refractivity contribution in [2.24, 2.45) is 0 Å². The van der Waals surface area contributed by atoms with Gasteiger partial charge in [0.25, 0.3) is 0 Å². The molecule has 2 aromatic rings. The van der Waals surface area contributed by atoms with E-state index in [1.165, 1.54) is 0 Å². The molecule has 0 spiro atoms. The lowest BCUT2D eigenvalue weighted by molar-refractivity contribution is 0.103. The number of allylic oxidation sites excluding steroid dienone is 1. The van der Waals surface area contributed by atoms with Crippen LogP contribution in [-0.4, -0.2) is 59.7 Å². The summed E-state index contributed by atoms with van der Waals surface area (Å²) in [4.78, 5) is 26.0. The molecule has 128 valence electrons. The summed E-state index contributed by atoms with van der Waals surface area (Å²) in [5.41, 5.74) is 8.71. The number of piperazine rings is 1. The maximum Gasteiger partial charge on any atom is 0.228 e. The Morgan fingerprint density at radius 2 is 2.16 bits per heavy atom. The predicted molar refractivity (Wildman–Crippen MR) is 101 cm³/mol. The van der Waals surface area contributed by atoms with Crippen molar-refractivity contribution in [2.45, 2.75) is 0 Å². The van der Waals surface area contributed by atoms with Crippen LogP contribution >= 0.6 is 0 Å². The van der Waals surface area contributed by atoms with Crippen molar-refractivity contribution in [1.82, 2.24) is 25.2 Å². The largest absolute Gasteiger partial charge is 0.383 e. The molecule has 1 aliphatic rings. The highest BCUT2D eigenvalue weighted by atomic mass is 16.1. The molecule has 3 rings (SSSR count). The van der Waals surface area contributed by atoms with E-state index in [-0.39, 0.29) is 11.6 Å². The molecule has 8 heteroatoms. The van der Waals surface area contributed by atoms with Crippen LogP contribution < -0.4 is 16.6 Å². The number of carbonyl (C=O) groups excluding carboxylic acids is 1. The fraction of sp³-hybridized carbons (Fsp3) is 0.235. The molecular formula is C17H21BN6O. The molecule has 0 bridgehead atoms. The molecule has 0 unspecified atom stereocenters. The molecule has 3 heterocycles. The van der Waals surface area contributed by atoms with Crippen molar-refractivity contribution in [3.8, 4) is 0 Å². The van der Waals surface area contributed by atoms with Crippen LogP contribution in [0.4, 0.5) is 5.82 Å². The van der Waals surface area contributed by atoms with E-state index in [9.17, 15) is 4.79 Å². The first-order valence-corrected chi connectivity index (χ1v) is 8.20. The van der Waals surface area contributed by atoms with Gasteiger partial charge in [-0.05, 0) is 29.9 Å². The lowest BCUT2D eigenvalue weighted by Gasteiger charge is -2.29. The van der Waals surface area contributed by atoms with Crippen LogP contribution in [0, 0.1) is 0 Å². The summed E-state index contributed by atoms with van der Waals surface area (Å²) in [6.45, 7) is 7.81. The molecule has 7 nitrogen and oxygen atoms in total. The van der Waals surface area contributed by atoms with Gasteiger partial charge < -0.3 is 20.9 Å². The van der Waals surface area contributed by atoms with Crippen molar-refractivity contribution >= 4 is 31.1 Å². The maximum atomic E-state index is 12.5. The Bertz CT molecular complexity index is 822. The summed E-state index contributed by atoms with van der Waals surface area (Å²) in [6.07, 6.45) is 5.26. The molecule has 0 radical (unpaired) electrons. The van der Waals surface area contributed by atoms with Crippen LogP contribution in [0.15, 0.2) is 36.7 Å². The average Bonchev–Trinajstić information content (AvgIpc) is 3.00. The smallest absolute Gasteiger partial charge is 0.228 e. The van der Waals surface area contributed by atoms with Crippen molar-refractivity contribution in [3.63, 3.8) is 0 Å². The molecular weight excluding hydrogens is 315 g/mol. The minimum Gasteiger partial charge on any atom is -0.383 e. The lowest BCUT2D eigenvalue weighted by Crippen LogP contribution is -2.42. The topological polar surface area (TPSA) is 99.9 Å². The van der Waals surface area contributed by atoms with Crippen LogP contribution in [0.3, 0.4) is 0 Å². The van der Waals surface area contributed by atoms with Crippen LogP contribution in [0.5, 0.6) is 0 Å². The van der Waals surface area contributed by atoms with Gasteiger partial charge in [0, 0.05) is 43.6 Å². The highest BCUT2D eigenvalue weighted by molar-refractivity contribution is 6.31. The second-order valence-electron chi connectivity index (χ2n) is 5.96. The van der Waals surface area contributed by atoms with E-state index in [0.29, 0.717) is 17.1 Å². The number of nitrogen functional groups attached to an aromatic ring is 1.